The molecular weight excluding hydrogens is 388 g/mol. The van der Waals surface area contributed by atoms with Crippen LogP contribution in [0.4, 0.5) is 0 Å². The standard InChI is InChI=1S/C22H34N2O4S/c25-29(26,22-7-6-19-4-1-2-5-20(19)18-22)24(21-8-14-27-15-9-21)11-3-10-23-12-16-28-17-13-23/h6-7,18,21H,1-5,8-17H2. The van der Waals surface area contributed by atoms with Crippen LogP contribution in [0.15, 0.2) is 23.1 Å². The molecule has 2 heterocycles. The Kier molecular flexibility index (Phi) is 7.24. The zero-order valence-corrected chi connectivity index (χ0v) is 18.2. The summed E-state index contributed by atoms with van der Waals surface area (Å²) in [5.41, 5.74) is 2.54. The highest BCUT2D eigenvalue weighted by Gasteiger charge is 2.33. The van der Waals surface area contributed by atoms with Crippen molar-refractivity contribution >= 4 is 10.0 Å². The van der Waals surface area contributed by atoms with Crippen molar-refractivity contribution in [2.24, 2.45) is 0 Å². The third kappa shape index (κ3) is 5.20. The Balaban J connectivity index is 1.50. The number of benzene rings is 1. The Morgan fingerprint density at radius 2 is 1.66 bits per heavy atom. The maximum absolute atomic E-state index is 13.7. The molecule has 0 N–H and O–H groups in total. The number of rotatable bonds is 7. The molecular formula is C22H34N2O4S. The van der Waals surface area contributed by atoms with Crippen LogP contribution in [0.25, 0.3) is 0 Å². The second-order valence-corrected chi connectivity index (χ2v) is 10.3. The van der Waals surface area contributed by atoms with Gasteiger partial charge in [-0.25, -0.2) is 8.42 Å². The average molecular weight is 423 g/mol. The second kappa shape index (κ2) is 9.88. The van der Waals surface area contributed by atoms with Crippen LogP contribution in [0.2, 0.25) is 0 Å². The van der Waals surface area contributed by atoms with E-state index in [1.165, 1.54) is 17.5 Å². The van der Waals surface area contributed by atoms with E-state index in [-0.39, 0.29) is 6.04 Å². The Bertz CT molecular complexity index is 771. The highest BCUT2D eigenvalue weighted by molar-refractivity contribution is 7.89. The number of hydrogen-bond donors (Lipinski definition) is 0. The van der Waals surface area contributed by atoms with Gasteiger partial charge in [-0.3, -0.25) is 4.90 Å². The first-order chi connectivity index (χ1) is 14.1. The van der Waals surface area contributed by atoms with Crippen molar-refractivity contribution in [3.63, 3.8) is 0 Å². The van der Waals surface area contributed by atoms with Crippen LogP contribution in [0.5, 0.6) is 0 Å². The molecule has 1 aromatic rings. The Hall–Kier alpha value is -0.990. The fraction of sp³-hybridized carbons (Fsp3) is 0.727. The van der Waals surface area contributed by atoms with Crippen molar-refractivity contribution in [1.82, 2.24) is 9.21 Å². The van der Waals surface area contributed by atoms with Crippen LogP contribution < -0.4 is 0 Å². The number of ether oxygens (including phenoxy) is 2. The molecule has 0 aromatic heterocycles. The minimum Gasteiger partial charge on any atom is -0.381 e. The molecule has 4 rings (SSSR count). The second-order valence-electron chi connectivity index (χ2n) is 8.40. The maximum atomic E-state index is 13.7. The molecule has 0 bridgehead atoms. The average Bonchev–Trinajstić information content (AvgIpc) is 2.77. The van der Waals surface area contributed by atoms with Crippen LogP contribution in [-0.2, 0) is 32.3 Å². The first-order valence-electron chi connectivity index (χ1n) is 11.2. The van der Waals surface area contributed by atoms with E-state index in [1.807, 2.05) is 18.2 Å². The number of fused-ring (bicyclic) bond motifs is 1. The summed E-state index contributed by atoms with van der Waals surface area (Å²) in [5, 5.41) is 0. The van der Waals surface area contributed by atoms with Crippen LogP contribution in [0.3, 0.4) is 0 Å². The van der Waals surface area contributed by atoms with Crippen LogP contribution in [0, 0.1) is 0 Å². The molecule has 2 saturated heterocycles. The molecule has 3 aliphatic rings. The highest BCUT2D eigenvalue weighted by atomic mass is 32.2. The summed E-state index contributed by atoms with van der Waals surface area (Å²) in [6.45, 7) is 6.21. The van der Waals surface area contributed by atoms with Crippen molar-refractivity contribution in [3.05, 3.63) is 29.3 Å². The Morgan fingerprint density at radius 3 is 2.41 bits per heavy atom. The fourth-order valence-corrected chi connectivity index (χ4v) is 6.53. The van der Waals surface area contributed by atoms with E-state index >= 15 is 0 Å². The molecule has 29 heavy (non-hydrogen) atoms. The molecule has 0 radical (unpaired) electrons. The van der Waals surface area contributed by atoms with Gasteiger partial charge >= 0.3 is 0 Å². The van der Waals surface area contributed by atoms with E-state index in [0.717, 1.165) is 71.4 Å². The topological polar surface area (TPSA) is 59.1 Å². The van der Waals surface area contributed by atoms with Gasteiger partial charge in [-0.2, -0.15) is 4.31 Å². The van der Waals surface area contributed by atoms with Gasteiger partial charge in [0.25, 0.3) is 0 Å². The minimum atomic E-state index is -3.50. The summed E-state index contributed by atoms with van der Waals surface area (Å²) < 4.78 is 40.0. The largest absolute Gasteiger partial charge is 0.381 e. The van der Waals surface area contributed by atoms with E-state index in [2.05, 4.69) is 4.90 Å². The summed E-state index contributed by atoms with van der Waals surface area (Å²) >= 11 is 0. The number of nitrogens with zero attached hydrogens (tertiary/aromatic N) is 2. The predicted molar refractivity (Wildman–Crippen MR) is 113 cm³/mol. The third-order valence-corrected chi connectivity index (χ3v) is 8.43. The molecule has 7 heteroatoms. The smallest absolute Gasteiger partial charge is 0.243 e. The van der Waals surface area contributed by atoms with Gasteiger partial charge in [0, 0.05) is 38.9 Å². The van der Waals surface area contributed by atoms with E-state index in [9.17, 15) is 8.42 Å². The van der Waals surface area contributed by atoms with Gasteiger partial charge in [0.15, 0.2) is 0 Å². The van der Waals surface area contributed by atoms with E-state index < -0.39 is 10.0 Å². The molecule has 6 nitrogen and oxygen atoms in total. The van der Waals surface area contributed by atoms with Crippen molar-refractivity contribution in [3.8, 4) is 0 Å². The fourth-order valence-electron chi connectivity index (χ4n) is 4.75. The molecule has 0 atom stereocenters. The van der Waals surface area contributed by atoms with E-state index in [0.29, 0.717) is 24.7 Å². The van der Waals surface area contributed by atoms with E-state index in [4.69, 9.17) is 9.47 Å². The summed E-state index contributed by atoms with van der Waals surface area (Å²) in [6.07, 6.45) is 6.82. The maximum Gasteiger partial charge on any atom is 0.243 e. The summed E-state index contributed by atoms with van der Waals surface area (Å²) in [6, 6.07) is 5.85. The highest BCUT2D eigenvalue weighted by Crippen LogP contribution is 2.28. The van der Waals surface area contributed by atoms with Crippen molar-refractivity contribution in [2.75, 3.05) is 52.6 Å². The van der Waals surface area contributed by atoms with Crippen LogP contribution in [0.1, 0.15) is 43.2 Å². The summed E-state index contributed by atoms with van der Waals surface area (Å²) in [7, 11) is -3.50. The van der Waals surface area contributed by atoms with Gasteiger partial charge in [0.1, 0.15) is 0 Å². The molecule has 0 amide bonds. The van der Waals surface area contributed by atoms with Gasteiger partial charge < -0.3 is 9.47 Å². The van der Waals surface area contributed by atoms with Gasteiger partial charge in [-0.1, -0.05) is 6.07 Å². The van der Waals surface area contributed by atoms with Crippen molar-refractivity contribution in [2.45, 2.75) is 55.9 Å². The monoisotopic (exact) mass is 422 g/mol. The lowest BCUT2D eigenvalue weighted by atomic mass is 9.92. The molecule has 2 aliphatic heterocycles. The van der Waals surface area contributed by atoms with Crippen LogP contribution in [-0.4, -0.2) is 76.3 Å². The molecule has 0 saturated carbocycles. The van der Waals surface area contributed by atoms with Crippen LogP contribution >= 0.6 is 0 Å². The van der Waals surface area contributed by atoms with Crippen molar-refractivity contribution in [1.29, 1.82) is 0 Å². The lowest BCUT2D eigenvalue weighted by Crippen LogP contribution is -2.45. The predicted octanol–water partition coefficient (Wildman–Crippen LogP) is 2.46. The molecule has 162 valence electrons. The van der Waals surface area contributed by atoms with Gasteiger partial charge in [-0.15, -0.1) is 0 Å². The number of morpholine rings is 1. The summed E-state index contributed by atoms with van der Waals surface area (Å²) in [4.78, 5) is 2.84. The van der Waals surface area contributed by atoms with E-state index in [1.54, 1.807) is 4.31 Å². The first kappa shape index (κ1) is 21.2. The molecule has 0 spiro atoms. The quantitative estimate of drug-likeness (QED) is 0.676. The third-order valence-electron chi connectivity index (χ3n) is 6.48. The SMILES string of the molecule is O=S(=O)(c1ccc2c(c1)CCCC2)N(CCCN1CCOCC1)C1CCOCC1. The number of hydrogen-bond acceptors (Lipinski definition) is 5. The number of sulfonamides is 1. The van der Waals surface area contributed by atoms with Crippen molar-refractivity contribution < 1.29 is 17.9 Å². The first-order valence-corrected chi connectivity index (χ1v) is 12.6. The molecule has 1 aromatic carbocycles. The zero-order valence-electron chi connectivity index (χ0n) is 17.4. The van der Waals surface area contributed by atoms with Gasteiger partial charge in [0.2, 0.25) is 10.0 Å². The summed E-state index contributed by atoms with van der Waals surface area (Å²) in [5.74, 6) is 0. The minimum absolute atomic E-state index is 0.0365. The molecule has 0 unspecified atom stereocenters. The zero-order chi connectivity index (χ0) is 20.1. The lowest BCUT2D eigenvalue weighted by Gasteiger charge is -2.34. The normalized spacial score (nSPS) is 22.0. The number of aryl methyl sites for hydroxylation is 2. The Labute approximate surface area is 175 Å². The van der Waals surface area contributed by atoms with Gasteiger partial charge in [0.05, 0.1) is 18.1 Å². The Morgan fingerprint density at radius 1 is 0.966 bits per heavy atom. The molecule has 2 fully saturated rings. The molecule has 1 aliphatic carbocycles. The van der Waals surface area contributed by atoms with Gasteiger partial charge in [-0.05, 0) is 74.8 Å². The lowest BCUT2D eigenvalue weighted by molar-refractivity contribution is 0.0344.